The SMILES string of the molecule is CC(C)=CN1CCCCC1.ON=NO. The van der Waals surface area contributed by atoms with E-state index in [2.05, 4.69) is 24.9 Å². The molecule has 0 aromatic heterocycles. The summed E-state index contributed by atoms with van der Waals surface area (Å²) in [6.45, 7) is 6.86. The fourth-order valence-electron chi connectivity index (χ4n) is 1.41. The highest BCUT2D eigenvalue weighted by Gasteiger charge is 2.04. The summed E-state index contributed by atoms with van der Waals surface area (Å²) in [5.41, 5.74) is 1.42. The fraction of sp³-hybridized carbons (Fsp3) is 0.778. The van der Waals surface area contributed by atoms with E-state index in [9.17, 15) is 0 Å². The predicted molar refractivity (Wildman–Crippen MR) is 53.3 cm³/mol. The molecule has 14 heavy (non-hydrogen) atoms. The van der Waals surface area contributed by atoms with Crippen LogP contribution in [-0.2, 0) is 0 Å². The van der Waals surface area contributed by atoms with Crippen LogP contribution >= 0.6 is 0 Å². The molecule has 1 rings (SSSR count). The van der Waals surface area contributed by atoms with Crippen molar-refractivity contribution in [2.45, 2.75) is 33.1 Å². The lowest BCUT2D eigenvalue weighted by Gasteiger charge is -2.25. The van der Waals surface area contributed by atoms with E-state index in [1.54, 1.807) is 0 Å². The monoisotopic (exact) mass is 201 g/mol. The van der Waals surface area contributed by atoms with E-state index in [1.807, 2.05) is 10.6 Å². The molecule has 0 aromatic carbocycles. The second-order valence-corrected chi connectivity index (χ2v) is 3.48. The molecule has 0 spiro atoms. The van der Waals surface area contributed by atoms with Crippen LogP contribution in [0.4, 0.5) is 0 Å². The molecule has 0 bridgehead atoms. The van der Waals surface area contributed by atoms with Crippen LogP contribution in [0, 0.1) is 0 Å². The summed E-state index contributed by atoms with van der Waals surface area (Å²) in [6.07, 6.45) is 6.46. The number of hydrogen-bond acceptors (Lipinski definition) is 3. The standard InChI is InChI=1S/C9H17N.H2N2O2/c1-9(2)8-10-6-4-3-5-7-10;3-1-2-4/h8H,3-7H2,1-2H3;(H,1,4)(H,2,3). The molecule has 82 valence electrons. The first-order chi connectivity index (χ1) is 6.70. The van der Waals surface area contributed by atoms with Gasteiger partial charge in [0.25, 0.3) is 0 Å². The number of hydrogen-bond donors (Lipinski definition) is 2. The lowest BCUT2D eigenvalue weighted by Crippen LogP contribution is -2.24. The minimum absolute atomic E-state index is 1.27. The van der Waals surface area contributed by atoms with Crippen LogP contribution in [0.5, 0.6) is 0 Å². The molecule has 0 atom stereocenters. The van der Waals surface area contributed by atoms with Crippen molar-refractivity contribution in [1.29, 1.82) is 0 Å². The summed E-state index contributed by atoms with van der Waals surface area (Å²) in [4.78, 5) is 2.43. The minimum Gasteiger partial charge on any atom is -0.392 e. The Morgan fingerprint density at radius 3 is 1.93 bits per heavy atom. The van der Waals surface area contributed by atoms with Gasteiger partial charge in [-0.3, -0.25) is 0 Å². The normalized spacial score (nSPS) is 16.0. The van der Waals surface area contributed by atoms with E-state index in [1.165, 1.54) is 37.9 Å². The second-order valence-electron chi connectivity index (χ2n) is 3.48. The van der Waals surface area contributed by atoms with Crippen LogP contribution in [0.3, 0.4) is 0 Å². The van der Waals surface area contributed by atoms with Gasteiger partial charge >= 0.3 is 0 Å². The quantitative estimate of drug-likeness (QED) is 0.506. The molecule has 5 heteroatoms. The van der Waals surface area contributed by atoms with Crippen molar-refractivity contribution in [3.05, 3.63) is 11.8 Å². The Kier molecular flexibility index (Phi) is 7.59. The summed E-state index contributed by atoms with van der Waals surface area (Å²) in [5, 5.41) is 18.0. The van der Waals surface area contributed by atoms with Gasteiger partial charge in [-0.2, -0.15) is 0 Å². The summed E-state index contributed by atoms with van der Waals surface area (Å²) in [5.74, 6) is 0. The molecule has 0 aromatic rings. The van der Waals surface area contributed by atoms with Crippen molar-refractivity contribution < 1.29 is 10.4 Å². The molecule has 1 saturated heterocycles. The van der Waals surface area contributed by atoms with Crippen LogP contribution < -0.4 is 0 Å². The molecule has 0 aliphatic carbocycles. The Labute approximate surface area is 84.7 Å². The molecule has 0 unspecified atom stereocenters. The van der Waals surface area contributed by atoms with Crippen LogP contribution in [0.15, 0.2) is 22.3 Å². The molecule has 0 saturated carbocycles. The van der Waals surface area contributed by atoms with Crippen LogP contribution in [0.2, 0.25) is 0 Å². The number of nitrogens with zero attached hydrogens (tertiary/aromatic N) is 3. The molecule has 0 amide bonds. The number of rotatable bonds is 1. The van der Waals surface area contributed by atoms with Gasteiger partial charge < -0.3 is 15.3 Å². The number of piperidine rings is 1. The zero-order valence-electron chi connectivity index (χ0n) is 8.85. The van der Waals surface area contributed by atoms with Gasteiger partial charge in [-0.15, -0.1) is 0 Å². The van der Waals surface area contributed by atoms with Gasteiger partial charge in [0, 0.05) is 13.1 Å². The summed E-state index contributed by atoms with van der Waals surface area (Å²) < 4.78 is 0. The van der Waals surface area contributed by atoms with Gasteiger partial charge in [-0.1, -0.05) is 5.57 Å². The third-order valence-corrected chi connectivity index (χ3v) is 1.87. The summed E-state index contributed by atoms with van der Waals surface area (Å²) >= 11 is 0. The lowest BCUT2D eigenvalue weighted by molar-refractivity contribution is 0.177. The van der Waals surface area contributed by atoms with E-state index in [0.29, 0.717) is 0 Å². The van der Waals surface area contributed by atoms with E-state index < -0.39 is 0 Å². The summed E-state index contributed by atoms with van der Waals surface area (Å²) in [6, 6.07) is 0. The third kappa shape index (κ3) is 7.39. The van der Waals surface area contributed by atoms with E-state index in [4.69, 9.17) is 10.4 Å². The largest absolute Gasteiger partial charge is 0.392 e. The fourth-order valence-corrected chi connectivity index (χ4v) is 1.41. The van der Waals surface area contributed by atoms with Gasteiger partial charge in [-0.25, -0.2) is 0 Å². The average molecular weight is 201 g/mol. The second kappa shape index (κ2) is 8.34. The van der Waals surface area contributed by atoms with Crippen molar-refractivity contribution in [2.24, 2.45) is 10.6 Å². The molecule has 1 heterocycles. The molecule has 1 fully saturated rings. The van der Waals surface area contributed by atoms with E-state index >= 15 is 0 Å². The zero-order chi connectivity index (χ0) is 10.8. The maximum atomic E-state index is 7.08. The molecule has 2 N–H and O–H groups in total. The maximum absolute atomic E-state index is 7.08. The topological polar surface area (TPSA) is 68.4 Å². The predicted octanol–water partition coefficient (Wildman–Crippen LogP) is 2.61. The molecular formula is C9H19N3O2. The maximum Gasteiger partial charge on any atom is 0.0606 e. The van der Waals surface area contributed by atoms with Crippen LogP contribution in [0.25, 0.3) is 0 Å². The van der Waals surface area contributed by atoms with Crippen molar-refractivity contribution in [2.75, 3.05) is 13.1 Å². The highest BCUT2D eigenvalue weighted by atomic mass is 16.5. The van der Waals surface area contributed by atoms with Gasteiger partial charge in [0.15, 0.2) is 0 Å². The average Bonchev–Trinajstić information content (AvgIpc) is 2.19. The van der Waals surface area contributed by atoms with Gasteiger partial charge in [-0.05, 0) is 39.3 Å². The minimum atomic E-state index is 1.27. The Morgan fingerprint density at radius 1 is 1.07 bits per heavy atom. The highest BCUT2D eigenvalue weighted by molar-refractivity contribution is 4.93. The van der Waals surface area contributed by atoms with Crippen molar-refractivity contribution >= 4 is 0 Å². The van der Waals surface area contributed by atoms with Gasteiger partial charge in [0.1, 0.15) is 0 Å². The first-order valence-electron chi connectivity index (χ1n) is 4.78. The van der Waals surface area contributed by atoms with Crippen LogP contribution in [-0.4, -0.2) is 28.4 Å². The first-order valence-corrected chi connectivity index (χ1v) is 4.78. The highest BCUT2D eigenvalue weighted by Crippen LogP contribution is 2.09. The smallest absolute Gasteiger partial charge is 0.0606 e. The molecule has 1 aliphatic rings. The van der Waals surface area contributed by atoms with E-state index in [-0.39, 0.29) is 0 Å². The zero-order valence-corrected chi connectivity index (χ0v) is 8.85. The van der Waals surface area contributed by atoms with Crippen molar-refractivity contribution in [3.63, 3.8) is 0 Å². The molecule has 0 radical (unpaired) electrons. The summed E-state index contributed by atoms with van der Waals surface area (Å²) in [7, 11) is 0. The van der Waals surface area contributed by atoms with E-state index in [0.717, 1.165) is 0 Å². The lowest BCUT2D eigenvalue weighted by atomic mass is 10.1. The third-order valence-electron chi connectivity index (χ3n) is 1.87. The number of allylic oxidation sites excluding steroid dienone is 1. The Bertz CT molecular complexity index is 178. The molecule has 5 nitrogen and oxygen atoms in total. The van der Waals surface area contributed by atoms with Gasteiger partial charge in [0.05, 0.1) is 10.6 Å². The first kappa shape index (κ1) is 12.7. The van der Waals surface area contributed by atoms with Crippen LogP contribution in [0.1, 0.15) is 33.1 Å². The molecule has 1 aliphatic heterocycles. The van der Waals surface area contributed by atoms with Crippen molar-refractivity contribution in [3.8, 4) is 0 Å². The molecular weight excluding hydrogens is 182 g/mol. The van der Waals surface area contributed by atoms with Crippen molar-refractivity contribution in [1.82, 2.24) is 4.90 Å². The number of likely N-dealkylation sites (tertiary alicyclic amines) is 1. The Hall–Kier alpha value is -1.26. The Balaban J connectivity index is 0.000000364. The van der Waals surface area contributed by atoms with Gasteiger partial charge in [0.2, 0.25) is 0 Å². The Morgan fingerprint density at radius 2 is 1.57 bits per heavy atom.